The highest BCUT2D eigenvalue weighted by molar-refractivity contribution is 7.07. The molecule has 3 aromatic rings. The van der Waals surface area contributed by atoms with E-state index >= 15 is 0 Å². The van der Waals surface area contributed by atoms with Crippen LogP contribution in [0, 0.1) is 0 Å². The van der Waals surface area contributed by atoms with Crippen molar-refractivity contribution in [3.05, 3.63) is 101 Å². The molecule has 0 bridgehead atoms. The zero-order chi connectivity index (χ0) is 24.4. The van der Waals surface area contributed by atoms with E-state index in [9.17, 15) is 14.4 Å². The Morgan fingerprint density at radius 3 is 2.50 bits per heavy atom. The highest BCUT2D eigenvalue weighted by atomic mass is 35.5. The van der Waals surface area contributed by atoms with Crippen molar-refractivity contribution < 1.29 is 19.1 Å². The van der Waals surface area contributed by atoms with Crippen LogP contribution in [-0.4, -0.2) is 30.2 Å². The first-order chi connectivity index (χ1) is 16.3. The average Bonchev–Trinajstić information content (AvgIpc) is 3.13. The molecule has 0 saturated carbocycles. The average molecular weight is 497 g/mol. The summed E-state index contributed by atoms with van der Waals surface area (Å²) in [6, 6.07) is 13.0. The summed E-state index contributed by atoms with van der Waals surface area (Å²) in [5, 5.41) is 0.428. The minimum atomic E-state index is -0.771. The van der Waals surface area contributed by atoms with Crippen LogP contribution in [0.2, 0.25) is 5.02 Å². The van der Waals surface area contributed by atoms with Crippen molar-refractivity contribution in [3.63, 3.8) is 0 Å². The summed E-state index contributed by atoms with van der Waals surface area (Å²) in [6.07, 6.45) is 1.72. The maximum Gasteiger partial charge on any atom is 0.338 e. The van der Waals surface area contributed by atoms with Gasteiger partial charge in [0.1, 0.15) is 6.04 Å². The quantitative estimate of drug-likeness (QED) is 0.506. The van der Waals surface area contributed by atoms with E-state index in [-0.39, 0.29) is 17.7 Å². The van der Waals surface area contributed by atoms with Gasteiger partial charge in [-0.05, 0) is 49.2 Å². The fourth-order valence-electron chi connectivity index (χ4n) is 3.77. The fourth-order valence-corrected chi connectivity index (χ4v) is 5.05. The summed E-state index contributed by atoms with van der Waals surface area (Å²) in [7, 11) is 1.32. The zero-order valence-corrected chi connectivity index (χ0v) is 20.3. The van der Waals surface area contributed by atoms with Crippen LogP contribution in [0.4, 0.5) is 0 Å². The maximum atomic E-state index is 13.6. The van der Waals surface area contributed by atoms with E-state index in [0.29, 0.717) is 31.2 Å². The molecule has 9 heteroatoms. The van der Waals surface area contributed by atoms with E-state index in [1.165, 1.54) is 23.0 Å². The van der Waals surface area contributed by atoms with Gasteiger partial charge >= 0.3 is 11.9 Å². The van der Waals surface area contributed by atoms with Gasteiger partial charge in [-0.15, -0.1) is 0 Å². The molecule has 0 aliphatic carbocycles. The van der Waals surface area contributed by atoms with Gasteiger partial charge in [-0.25, -0.2) is 14.6 Å². The van der Waals surface area contributed by atoms with Crippen LogP contribution in [-0.2, 0) is 14.3 Å². The van der Waals surface area contributed by atoms with Gasteiger partial charge in [0.25, 0.3) is 5.56 Å². The number of benzene rings is 2. The lowest BCUT2D eigenvalue weighted by molar-refractivity contribution is -0.139. The molecule has 0 spiro atoms. The topological polar surface area (TPSA) is 87.0 Å². The molecule has 0 fully saturated rings. The zero-order valence-electron chi connectivity index (χ0n) is 18.7. The Balaban J connectivity index is 1.90. The second kappa shape index (κ2) is 9.79. The molecule has 0 unspecified atom stereocenters. The number of fused-ring (bicyclic) bond motifs is 1. The molecule has 1 aliphatic heterocycles. The van der Waals surface area contributed by atoms with Crippen LogP contribution >= 0.6 is 22.9 Å². The molecule has 2 heterocycles. The predicted molar refractivity (Wildman–Crippen MR) is 130 cm³/mol. The molecule has 7 nitrogen and oxygen atoms in total. The molecule has 0 radical (unpaired) electrons. The molecule has 1 aliphatic rings. The number of carbonyl (C=O) groups excluding carboxylic acids is 2. The first-order valence-electron chi connectivity index (χ1n) is 10.5. The van der Waals surface area contributed by atoms with Crippen molar-refractivity contribution in [1.29, 1.82) is 0 Å². The van der Waals surface area contributed by atoms with Gasteiger partial charge in [0.05, 0.1) is 35.1 Å². The van der Waals surface area contributed by atoms with Gasteiger partial charge in [0.15, 0.2) is 4.80 Å². The van der Waals surface area contributed by atoms with Crippen LogP contribution in [0.15, 0.2) is 69.6 Å². The molecule has 1 atom stereocenters. The summed E-state index contributed by atoms with van der Waals surface area (Å²) in [5.41, 5.74) is 2.19. The second-order valence-electron chi connectivity index (χ2n) is 7.44. The minimum Gasteiger partial charge on any atom is -0.465 e. The molecular weight excluding hydrogens is 476 g/mol. The molecular formula is C25H21ClN2O5S. The number of halogens is 1. The lowest BCUT2D eigenvalue weighted by Crippen LogP contribution is -2.40. The molecule has 2 aromatic carbocycles. The highest BCUT2D eigenvalue weighted by Gasteiger charge is 2.34. The summed E-state index contributed by atoms with van der Waals surface area (Å²) >= 11 is 7.71. The Labute approximate surface area is 204 Å². The monoisotopic (exact) mass is 496 g/mol. The number of methoxy groups -OCH3 is 1. The van der Waals surface area contributed by atoms with Gasteiger partial charge in [-0.1, -0.05) is 53.3 Å². The number of hydrogen-bond acceptors (Lipinski definition) is 7. The third-order valence-corrected chi connectivity index (χ3v) is 6.67. The van der Waals surface area contributed by atoms with Crippen molar-refractivity contribution in [2.24, 2.45) is 4.99 Å². The van der Waals surface area contributed by atoms with Crippen LogP contribution < -0.4 is 14.9 Å². The Kier molecular flexibility index (Phi) is 6.81. The number of aromatic nitrogens is 1. The maximum absolute atomic E-state index is 13.6. The standard InChI is InChI=1S/C25H21ClN2O5S/c1-4-33-24(31)20-14(2)27-25-28(21(20)17-7-5-6-8-18(17)26)22(29)19(34-25)13-15-9-11-16(12-10-15)23(30)32-3/h5-13,21H,4H2,1-3H3/b19-13+/t21-/m1/s1. The van der Waals surface area contributed by atoms with Crippen molar-refractivity contribution >= 4 is 41.0 Å². The molecule has 0 amide bonds. The summed E-state index contributed by atoms with van der Waals surface area (Å²) in [6.45, 7) is 3.63. The number of carbonyl (C=O) groups is 2. The molecule has 1 aromatic heterocycles. The Morgan fingerprint density at radius 1 is 1.15 bits per heavy atom. The van der Waals surface area contributed by atoms with Crippen LogP contribution in [0.3, 0.4) is 0 Å². The minimum absolute atomic E-state index is 0.191. The smallest absolute Gasteiger partial charge is 0.338 e. The number of nitrogens with zero attached hydrogens (tertiary/aromatic N) is 2. The van der Waals surface area contributed by atoms with Crippen LogP contribution in [0.25, 0.3) is 6.08 Å². The third-order valence-electron chi connectivity index (χ3n) is 5.35. The van der Waals surface area contributed by atoms with E-state index in [1.54, 1.807) is 68.5 Å². The Bertz CT molecular complexity index is 1480. The summed E-state index contributed by atoms with van der Waals surface area (Å²) < 4.78 is 11.9. The van der Waals surface area contributed by atoms with E-state index in [0.717, 1.165) is 5.56 Å². The van der Waals surface area contributed by atoms with Gasteiger partial charge in [0, 0.05) is 5.02 Å². The number of allylic oxidation sites excluding steroid dienone is 1. The predicted octanol–water partition coefficient (Wildman–Crippen LogP) is 3.24. The normalized spacial score (nSPS) is 15.5. The molecule has 4 rings (SSSR count). The SMILES string of the molecule is CCOC(=O)C1=C(C)N=c2s/c(=C/c3ccc(C(=O)OC)cc3)c(=O)n2[C@@H]1c1ccccc1Cl. The molecule has 34 heavy (non-hydrogen) atoms. The first-order valence-corrected chi connectivity index (χ1v) is 11.7. The van der Waals surface area contributed by atoms with E-state index in [2.05, 4.69) is 4.99 Å². The lowest BCUT2D eigenvalue weighted by atomic mass is 9.96. The molecule has 174 valence electrons. The van der Waals surface area contributed by atoms with Gasteiger partial charge < -0.3 is 9.47 Å². The first kappa shape index (κ1) is 23.7. The Hall–Kier alpha value is -3.49. The van der Waals surface area contributed by atoms with Crippen molar-refractivity contribution in [2.75, 3.05) is 13.7 Å². The van der Waals surface area contributed by atoms with E-state index < -0.39 is 18.0 Å². The van der Waals surface area contributed by atoms with Crippen LogP contribution in [0.1, 0.15) is 41.4 Å². The second-order valence-corrected chi connectivity index (χ2v) is 8.85. The number of thiazole rings is 1. The van der Waals surface area contributed by atoms with Crippen molar-refractivity contribution in [1.82, 2.24) is 4.57 Å². The van der Waals surface area contributed by atoms with E-state index in [4.69, 9.17) is 21.1 Å². The summed E-state index contributed by atoms with van der Waals surface area (Å²) in [5.74, 6) is -0.978. The number of esters is 2. The molecule has 0 N–H and O–H groups in total. The van der Waals surface area contributed by atoms with Gasteiger partial charge in [-0.2, -0.15) is 0 Å². The number of rotatable bonds is 5. The number of hydrogen-bond donors (Lipinski definition) is 0. The lowest BCUT2D eigenvalue weighted by Gasteiger charge is -2.25. The van der Waals surface area contributed by atoms with Crippen molar-refractivity contribution in [3.8, 4) is 0 Å². The van der Waals surface area contributed by atoms with Gasteiger partial charge in [0.2, 0.25) is 0 Å². The third kappa shape index (κ3) is 4.34. The summed E-state index contributed by atoms with van der Waals surface area (Å²) in [4.78, 5) is 43.1. The van der Waals surface area contributed by atoms with Gasteiger partial charge in [-0.3, -0.25) is 9.36 Å². The van der Waals surface area contributed by atoms with Crippen LogP contribution in [0.5, 0.6) is 0 Å². The van der Waals surface area contributed by atoms with E-state index in [1.807, 2.05) is 0 Å². The fraction of sp³-hybridized carbons (Fsp3) is 0.200. The number of ether oxygens (including phenoxy) is 2. The highest BCUT2D eigenvalue weighted by Crippen LogP contribution is 2.34. The molecule has 0 saturated heterocycles. The van der Waals surface area contributed by atoms with Crippen molar-refractivity contribution in [2.45, 2.75) is 19.9 Å². The Morgan fingerprint density at radius 2 is 1.85 bits per heavy atom. The largest absolute Gasteiger partial charge is 0.465 e.